The summed E-state index contributed by atoms with van der Waals surface area (Å²) < 4.78 is 36.4. The number of hydrogen-bond donors (Lipinski definition) is 1. The molecule has 1 N–H and O–H groups in total. The van der Waals surface area contributed by atoms with Crippen LogP contribution in [0.25, 0.3) is 28.3 Å². The van der Waals surface area contributed by atoms with Crippen molar-refractivity contribution in [3.63, 3.8) is 0 Å². The third-order valence-electron chi connectivity index (χ3n) is 8.38. The lowest BCUT2D eigenvalue weighted by molar-refractivity contribution is -0.134. The third kappa shape index (κ3) is 6.21. The fraction of sp³-hybridized carbons (Fsp3) is 0.312. The molecule has 2 fully saturated rings. The van der Waals surface area contributed by atoms with Crippen molar-refractivity contribution in [2.75, 3.05) is 51.3 Å². The molecule has 12 nitrogen and oxygen atoms in total. The number of imidazole rings is 2. The summed E-state index contributed by atoms with van der Waals surface area (Å²) in [7, 11) is 0. The van der Waals surface area contributed by atoms with Gasteiger partial charge in [0, 0.05) is 55.6 Å². The first-order chi connectivity index (χ1) is 22.4. The van der Waals surface area contributed by atoms with E-state index in [-0.39, 0.29) is 29.1 Å². The number of benzene rings is 1. The summed E-state index contributed by atoms with van der Waals surface area (Å²) in [5.74, 6) is -1.26. The molecule has 0 spiro atoms. The molecule has 6 heterocycles. The van der Waals surface area contributed by atoms with Crippen LogP contribution in [0.15, 0.2) is 67.3 Å². The number of carbonyl (C=O) groups excluding carboxylic acids is 2. The second-order valence-electron chi connectivity index (χ2n) is 11.3. The number of pyridine rings is 1. The van der Waals surface area contributed by atoms with Crippen LogP contribution < -0.4 is 5.32 Å². The van der Waals surface area contributed by atoms with Crippen LogP contribution in [0.1, 0.15) is 29.2 Å². The normalized spacial score (nSPS) is 16.2. The van der Waals surface area contributed by atoms with Gasteiger partial charge in [0.05, 0.1) is 43.7 Å². The molecule has 5 aromatic rings. The number of anilines is 1. The molecule has 1 aromatic carbocycles. The average Bonchev–Trinajstić information content (AvgIpc) is 3.69. The number of rotatable bonds is 7. The van der Waals surface area contributed by atoms with Gasteiger partial charge in [-0.05, 0) is 55.3 Å². The molecule has 2 aliphatic rings. The Hall–Kier alpha value is -5.08. The number of amides is 2. The van der Waals surface area contributed by atoms with Gasteiger partial charge in [-0.2, -0.15) is 9.49 Å². The number of carbonyl (C=O) groups is 2. The Morgan fingerprint density at radius 3 is 2.50 bits per heavy atom. The maximum absolute atomic E-state index is 13.8. The average molecular weight is 628 g/mol. The van der Waals surface area contributed by atoms with Gasteiger partial charge < -0.3 is 19.5 Å². The highest BCUT2D eigenvalue weighted by molar-refractivity contribution is 6.03. The van der Waals surface area contributed by atoms with Crippen molar-refractivity contribution in [1.29, 1.82) is 0 Å². The lowest BCUT2D eigenvalue weighted by atomic mass is 10.0. The van der Waals surface area contributed by atoms with E-state index in [4.69, 9.17) is 14.8 Å². The molecule has 2 amide bonds. The van der Waals surface area contributed by atoms with E-state index in [0.717, 1.165) is 43.3 Å². The Morgan fingerprint density at radius 2 is 1.74 bits per heavy atom. The molecular formula is C32H31F2N9O3. The van der Waals surface area contributed by atoms with Crippen LogP contribution in [-0.4, -0.2) is 96.7 Å². The standard InChI is InChI=1S/C32H31F2N9O3/c33-23-3-1-21(2-4-23)30-31(42(20-36-30)24-8-11-41(12-9-24)29(44)19-40-13-15-46-16-14-40)25-5-6-28-37-27(18-43(28)39-25)38-32(45)22-7-10-35-26(34)17-22/h1-7,10,17-18,20,24H,8-9,11-16,19H2,(H,38,45). The Morgan fingerprint density at radius 1 is 0.957 bits per heavy atom. The molecule has 7 rings (SSSR count). The molecule has 2 saturated heterocycles. The lowest BCUT2D eigenvalue weighted by Crippen LogP contribution is -2.47. The van der Waals surface area contributed by atoms with Gasteiger partial charge in [0.1, 0.15) is 11.5 Å². The van der Waals surface area contributed by atoms with Crippen molar-refractivity contribution in [2.45, 2.75) is 18.9 Å². The second-order valence-corrected chi connectivity index (χ2v) is 11.3. The zero-order valence-corrected chi connectivity index (χ0v) is 24.9. The summed E-state index contributed by atoms with van der Waals surface area (Å²) in [6, 6.07) is 12.3. The van der Waals surface area contributed by atoms with Crippen LogP contribution in [-0.2, 0) is 9.53 Å². The molecule has 0 bridgehead atoms. The number of likely N-dealkylation sites (tertiary alicyclic amines) is 1. The smallest absolute Gasteiger partial charge is 0.257 e. The Kier molecular flexibility index (Phi) is 8.20. The van der Waals surface area contributed by atoms with Crippen molar-refractivity contribution in [3.8, 4) is 22.6 Å². The van der Waals surface area contributed by atoms with Gasteiger partial charge in [-0.1, -0.05) is 0 Å². The van der Waals surface area contributed by atoms with Crippen molar-refractivity contribution >= 4 is 23.3 Å². The summed E-state index contributed by atoms with van der Waals surface area (Å²) in [6.45, 7) is 4.47. The number of morpholine rings is 1. The molecule has 0 radical (unpaired) electrons. The minimum Gasteiger partial charge on any atom is -0.379 e. The van der Waals surface area contributed by atoms with E-state index in [1.807, 2.05) is 11.0 Å². The number of nitrogens with one attached hydrogen (secondary N) is 1. The second kappa shape index (κ2) is 12.7. The first-order valence-corrected chi connectivity index (χ1v) is 15.1. The Labute approximate surface area is 262 Å². The molecule has 236 valence electrons. The van der Waals surface area contributed by atoms with Gasteiger partial charge in [0.2, 0.25) is 11.9 Å². The SMILES string of the molecule is O=C(Nc1cn2nc(-c3c(-c4ccc(F)cc4)ncn3C3CCN(C(=O)CN4CCOCC4)CC3)ccc2n1)c1ccnc(F)c1. The largest absolute Gasteiger partial charge is 0.379 e. The number of piperidine rings is 1. The first kappa shape index (κ1) is 29.6. The van der Waals surface area contributed by atoms with Crippen LogP contribution in [0.3, 0.4) is 0 Å². The highest BCUT2D eigenvalue weighted by atomic mass is 19.1. The van der Waals surface area contributed by atoms with Gasteiger partial charge in [0.15, 0.2) is 11.5 Å². The van der Waals surface area contributed by atoms with Crippen LogP contribution >= 0.6 is 0 Å². The fourth-order valence-corrected chi connectivity index (χ4v) is 5.96. The van der Waals surface area contributed by atoms with E-state index in [2.05, 4.69) is 24.8 Å². The number of halogens is 2. The summed E-state index contributed by atoms with van der Waals surface area (Å²) in [5.41, 5.74) is 3.32. The molecule has 2 aliphatic heterocycles. The van der Waals surface area contributed by atoms with Crippen molar-refractivity contribution in [3.05, 3.63) is 84.6 Å². The van der Waals surface area contributed by atoms with Gasteiger partial charge in [0.25, 0.3) is 5.91 Å². The van der Waals surface area contributed by atoms with E-state index in [1.54, 1.807) is 35.2 Å². The van der Waals surface area contributed by atoms with E-state index in [9.17, 15) is 18.4 Å². The first-order valence-electron chi connectivity index (χ1n) is 15.1. The van der Waals surface area contributed by atoms with E-state index in [0.29, 0.717) is 49.9 Å². The summed E-state index contributed by atoms with van der Waals surface area (Å²) >= 11 is 0. The minimum absolute atomic E-state index is 0.0556. The summed E-state index contributed by atoms with van der Waals surface area (Å²) in [6.07, 6.45) is 6.05. The molecule has 0 saturated carbocycles. The topological polar surface area (TPSA) is 123 Å². The van der Waals surface area contributed by atoms with Crippen LogP contribution in [0.5, 0.6) is 0 Å². The quantitative estimate of drug-likeness (QED) is 0.271. The highest BCUT2D eigenvalue weighted by Gasteiger charge is 2.29. The number of aromatic nitrogens is 6. The fourth-order valence-electron chi connectivity index (χ4n) is 5.96. The number of nitrogens with zero attached hydrogens (tertiary/aromatic N) is 8. The van der Waals surface area contributed by atoms with Crippen LogP contribution in [0.4, 0.5) is 14.6 Å². The van der Waals surface area contributed by atoms with E-state index >= 15 is 0 Å². The summed E-state index contributed by atoms with van der Waals surface area (Å²) in [5, 5.41) is 7.49. The molecule has 4 aromatic heterocycles. The maximum Gasteiger partial charge on any atom is 0.257 e. The molecule has 0 unspecified atom stereocenters. The number of fused-ring (bicyclic) bond motifs is 1. The molecule has 46 heavy (non-hydrogen) atoms. The van der Waals surface area contributed by atoms with Crippen LogP contribution in [0, 0.1) is 11.8 Å². The molecule has 0 atom stereocenters. The number of ether oxygens (including phenoxy) is 1. The van der Waals surface area contributed by atoms with Gasteiger partial charge in [-0.3, -0.25) is 14.5 Å². The van der Waals surface area contributed by atoms with Crippen LogP contribution in [0.2, 0.25) is 0 Å². The molecule has 0 aliphatic carbocycles. The molecular weight excluding hydrogens is 596 g/mol. The van der Waals surface area contributed by atoms with Gasteiger partial charge >= 0.3 is 0 Å². The van der Waals surface area contributed by atoms with E-state index in [1.165, 1.54) is 24.4 Å². The predicted molar refractivity (Wildman–Crippen MR) is 164 cm³/mol. The monoisotopic (exact) mass is 627 g/mol. The van der Waals surface area contributed by atoms with E-state index < -0.39 is 11.9 Å². The van der Waals surface area contributed by atoms with Crippen molar-refractivity contribution in [1.82, 2.24) is 38.9 Å². The Balaban J connectivity index is 1.15. The number of hydrogen-bond acceptors (Lipinski definition) is 8. The zero-order chi connectivity index (χ0) is 31.6. The zero-order valence-electron chi connectivity index (χ0n) is 24.9. The lowest BCUT2D eigenvalue weighted by Gasteiger charge is -2.35. The third-order valence-corrected chi connectivity index (χ3v) is 8.38. The summed E-state index contributed by atoms with van der Waals surface area (Å²) in [4.78, 5) is 42.4. The maximum atomic E-state index is 13.8. The van der Waals surface area contributed by atoms with Gasteiger partial charge in [-0.15, -0.1) is 0 Å². The van der Waals surface area contributed by atoms with Crippen molar-refractivity contribution in [2.24, 2.45) is 0 Å². The molecule has 14 heteroatoms. The Bertz CT molecular complexity index is 1880. The predicted octanol–water partition coefficient (Wildman–Crippen LogP) is 3.68. The van der Waals surface area contributed by atoms with Gasteiger partial charge in [-0.25, -0.2) is 23.9 Å². The minimum atomic E-state index is -0.757. The van der Waals surface area contributed by atoms with Crippen molar-refractivity contribution < 1.29 is 23.1 Å². The highest BCUT2D eigenvalue weighted by Crippen LogP contribution is 2.35.